The van der Waals surface area contributed by atoms with E-state index in [0.717, 1.165) is 60.5 Å². The van der Waals surface area contributed by atoms with Gasteiger partial charge in [-0.2, -0.15) is 0 Å². The molecule has 0 amide bonds. The number of morpholine rings is 1. The summed E-state index contributed by atoms with van der Waals surface area (Å²) in [6.07, 6.45) is 2.30. The van der Waals surface area contributed by atoms with Gasteiger partial charge < -0.3 is 14.6 Å². The number of benzene rings is 1. The SMILES string of the molecule is CN(CCF)c1ccc(C#Cc2cc3c([nH]2)=NC[C@@](C)(N2CCOCC2)C=3)cc1. The molecular formula is C23H27FN4O. The second-order valence-electron chi connectivity index (χ2n) is 7.81. The van der Waals surface area contributed by atoms with E-state index < -0.39 is 0 Å². The lowest BCUT2D eigenvalue weighted by Gasteiger charge is -2.41. The van der Waals surface area contributed by atoms with Crippen molar-refractivity contribution in [1.82, 2.24) is 9.88 Å². The number of fused-ring (bicyclic) bond motifs is 1. The molecule has 2 aliphatic rings. The van der Waals surface area contributed by atoms with Crippen molar-refractivity contribution >= 4 is 11.8 Å². The quantitative estimate of drug-likeness (QED) is 0.796. The fourth-order valence-corrected chi connectivity index (χ4v) is 3.85. The van der Waals surface area contributed by atoms with Crippen molar-refractivity contribution in [3.05, 3.63) is 52.3 Å². The molecule has 152 valence electrons. The van der Waals surface area contributed by atoms with Crippen LogP contribution in [0.3, 0.4) is 0 Å². The minimum absolute atomic E-state index is 0.0782. The lowest BCUT2D eigenvalue weighted by atomic mass is 9.96. The van der Waals surface area contributed by atoms with Gasteiger partial charge in [-0.25, -0.2) is 4.39 Å². The molecule has 0 aliphatic carbocycles. The minimum atomic E-state index is -0.359. The Kier molecular flexibility index (Phi) is 5.70. The second-order valence-corrected chi connectivity index (χ2v) is 7.81. The molecule has 1 atom stereocenters. The molecule has 0 radical (unpaired) electrons. The fraction of sp³-hybridized carbons (Fsp3) is 0.435. The zero-order chi connectivity index (χ0) is 20.3. The van der Waals surface area contributed by atoms with Gasteiger partial charge in [0, 0.05) is 43.2 Å². The summed E-state index contributed by atoms with van der Waals surface area (Å²) in [5.74, 6) is 6.40. The first-order chi connectivity index (χ1) is 14.1. The topological polar surface area (TPSA) is 43.9 Å². The summed E-state index contributed by atoms with van der Waals surface area (Å²) in [7, 11) is 1.88. The number of aromatic amines is 1. The van der Waals surface area contributed by atoms with Crippen molar-refractivity contribution in [2.24, 2.45) is 4.99 Å². The largest absolute Gasteiger partial charge is 0.379 e. The molecule has 1 aromatic heterocycles. The van der Waals surface area contributed by atoms with E-state index in [9.17, 15) is 4.39 Å². The first-order valence-corrected chi connectivity index (χ1v) is 10.1. The van der Waals surface area contributed by atoms with Crippen LogP contribution in [-0.2, 0) is 4.74 Å². The van der Waals surface area contributed by atoms with Crippen LogP contribution >= 0.6 is 0 Å². The van der Waals surface area contributed by atoms with Gasteiger partial charge in [0.25, 0.3) is 0 Å². The van der Waals surface area contributed by atoms with Crippen LogP contribution in [0.2, 0.25) is 0 Å². The molecule has 4 rings (SSSR count). The van der Waals surface area contributed by atoms with E-state index in [4.69, 9.17) is 9.73 Å². The number of halogens is 1. The number of ether oxygens (including phenoxy) is 1. The first-order valence-electron chi connectivity index (χ1n) is 10.1. The molecule has 1 N–H and O–H groups in total. The van der Waals surface area contributed by atoms with Gasteiger partial charge in [0.15, 0.2) is 0 Å². The van der Waals surface area contributed by atoms with Crippen molar-refractivity contribution in [3.63, 3.8) is 0 Å². The van der Waals surface area contributed by atoms with Crippen molar-refractivity contribution < 1.29 is 9.13 Å². The van der Waals surface area contributed by atoms with Gasteiger partial charge in [-0.15, -0.1) is 0 Å². The van der Waals surface area contributed by atoms with Crippen LogP contribution < -0.4 is 15.6 Å². The molecule has 3 heterocycles. The van der Waals surface area contributed by atoms with Crippen LogP contribution in [0.5, 0.6) is 0 Å². The standard InChI is InChI=1S/C23H27FN4O/c1-23(28-11-13-29-14-12-28)16-19-15-20(26-22(19)25-17-23)6-3-18-4-7-21(8-5-18)27(2)10-9-24/h4-5,7-8,15-16H,9-14,17H2,1-2H3,(H,25,26)/t23-/m0/s1. The maximum absolute atomic E-state index is 12.5. The van der Waals surface area contributed by atoms with E-state index in [2.05, 4.69) is 40.8 Å². The number of hydrogen-bond acceptors (Lipinski definition) is 4. The van der Waals surface area contributed by atoms with Crippen LogP contribution in [0.15, 0.2) is 35.3 Å². The van der Waals surface area contributed by atoms with Gasteiger partial charge in [-0.1, -0.05) is 12.0 Å². The Morgan fingerprint density at radius 2 is 2.00 bits per heavy atom. The number of nitrogens with one attached hydrogen (secondary N) is 1. The highest BCUT2D eigenvalue weighted by molar-refractivity contribution is 5.51. The molecule has 29 heavy (non-hydrogen) atoms. The predicted molar refractivity (Wildman–Crippen MR) is 113 cm³/mol. The molecular weight excluding hydrogens is 367 g/mol. The summed E-state index contributed by atoms with van der Waals surface area (Å²) < 4.78 is 18.0. The minimum Gasteiger partial charge on any atom is -0.379 e. The van der Waals surface area contributed by atoms with E-state index >= 15 is 0 Å². The molecule has 0 spiro atoms. The number of rotatable bonds is 4. The van der Waals surface area contributed by atoms with Crippen molar-refractivity contribution in [2.75, 3.05) is 58.0 Å². The monoisotopic (exact) mass is 394 g/mol. The van der Waals surface area contributed by atoms with Gasteiger partial charge in [0.1, 0.15) is 12.2 Å². The number of alkyl halides is 1. The van der Waals surface area contributed by atoms with Gasteiger partial charge in [-0.3, -0.25) is 9.89 Å². The van der Waals surface area contributed by atoms with Crippen molar-refractivity contribution in [2.45, 2.75) is 12.5 Å². The predicted octanol–water partition coefficient (Wildman–Crippen LogP) is 1.32. The normalized spacial score (nSPS) is 21.3. The molecule has 6 heteroatoms. The summed E-state index contributed by atoms with van der Waals surface area (Å²) in [5, 5.41) is 1.11. The molecule has 1 aromatic carbocycles. The zero-order valence-corrected chi connectivity index (χ0v) is 17.0. The van der Waals surface area contributed by atoms with Crippen LogP contribution in [0.1, 0.15) is 18.2 Å². The van der Waals surface area contributed by atoms with Crippen LogP contribution in [0.25, 0.3) is 6.08 Å². The van der Waals surface area contributed by atoms with Gasteiger partial charge in [0.05, 0.1) is 31.0 Å². The van der Waals surface area contributed by atoms with E-state index in [-0.39, 0.29) is 12.2 Å². The highest BCUT2D eigenvalue weighted by Crippen LogP contribution is 2.20. The lowest BCUT2D eigenvalue weighted by Crippen LogP contribution is -2.55. The average Bonchev–Trinajstić information content (AvgIpc) is 3.15. The molecule has 1 saturated heterocycles. The Morgan fingerprint density at radius 1 is 1.24 bits per heavy atom. The second kappa shape index (κ2) is 8.40. The number of hydrogen-bond donors (Lipinski definition) is 1. The molecule has 2 aromatic rings. The molecule has 0 saturated carbocycles. The molecule has 2 aliphatic heterocycles. The number of H-pyrrole nitrogens is 1. The molecule has 1 fully saturated rings. The van der Waals surface area contributed by atoms with Crippen molar-refractivity contribution in [1.29, 1.82) is 0 Å². The zero-order valence-electron chi connectivity index (χ0n) is 17.0. The third kappa shape index (κ3) is 4.36. The molecule has 5 nitrogen and oxygen atoms in total. The summed E-state index contributed by atoms with van der Waals surface area (Å²) >= 11 is 0. The highest BCUT2D eigenvalue weighted by atomic mass is 19.1. The summed E-state index contributed by atoms with van der Waals surface area (Å²) in [6.45, 7) is 6.44. The third-order valence-corrected chi connectivity index (χ3v) is 5.65. The Balaban J connectivity index is 1.52. The summed E-state index contributed by atoms with van der Waals surface area (Å²) in [6, 6.07) is 9.94. The molecule has 0 unspecified atom stereocenters. The summed E-state index contributed by atoms with van der Waals surface area (Å²) in [4.78, 5) is 12.4. The summed E-state index contributed by atoms with van der Waals surface area (Å²) in [5.41, 5.74) is 3.60. The average molecular weight is 394 g/mol. The van der Waals surface area contributed by atoms with E-state index in [0.29, 0.717) is 6.54 Å². The van der Waals surface area contributed by atoms with E-state index in [1.165, 1.54) is 0 Å². The fourth-order valence-electron chi connectivity index (χ4n) is 3.85. The Bertz CT molecular complexity index is 1030. The Labute approximate surface area is 170 Å². The van der Waals surface area contributed by atoms with Crippen molar-refractivity contribution in [3.8, 4) is 11.8 Å². The van der Waals surface area contributed by atoms with Crippen LogP contribution in [-0.4, -0.2) is 68.5 Å². The van der Waals surface area contributed by atoms with Gasteiger partial charge in [0.2, 0.25) is 0 Å². The lowest BCUT2D eigenvalue weighted by molar-refractivity contribution is 0.00598. The molecule has 0 bridgehead atoms. The first kappa shape index (κ1) is 19.7. The van der Waals surface area contributed by atoms with E-state index in [1.54, 1.807) is 0 Å². The van der Waals surface area contributed by atoms with Crippen LogP contribution in [0.4, 0.5) is 10.1 Å². The Morgan fingerprint density at radius 3 is 2.72 bits per heavy atom. The highest BCUT2D eigenvalue weighted by Gasteiger charge is 2.32. The van der Waals surface area contributed by atoms with Gasteiger partial charge in [-0.05, 0) is 43.2 Å². The van der Waals surface area contributed by atoms with Gasteiger partial charge >= 0.3 is 0 Å². The number of aromatic nitrogens is 1. The number of anilines is 1. The maximum Gasteiger partial charge on any atom is 0.133 e. The Hall–Kier alpha value is -2.62. The maximum atomic E-state index is 12.5. The smallest absolute Gasteiger partial charge is 0.133 e. The number of nitrogens with zero attached hydrogens (tertiary/aromatic N) is 3. The third-order valence-electron chi connectivity index (χ3n) is 5.65. The van der Waals surface area contributed by atoms with Crippen LogP contribution in [0, 0.1) is 11.8 Å². The van der Waals surface area contributed by atoms with E-state index in [1.807, 2.05) is 36.2 Å².